The standard InChI is InChI=1S/C39H68N6O8/c1-8-12-21-29(34(40)48)42-31(46)23-41-37(51)33(47)28(18-11-4)43-36(50)30-22-27(53-39(5,6)7)24-45(30)38(52)32(25-19-14-13-15-20-25)44-35(49)26(16-9-2)17-10-3/h25-30,32H,8-24H2,1-7H3,(H2,40,48)(H,41,51)(H,42,46)(H,43,50)(H,44,49). The molecule has 0 aromatic rings. The molecule has 53 heavy (non-hydrogen) atoms. The van der Waals surface area contributed by atoms with Crippen molar-refractivity contribution in [3.05, 3.63) is 0 Å². The van der Waals surface area contributed by atoms with Crippen LogP contribution in [-0.4, -0.2) is 95.1 Å². The van der Waals surface area contributed by atoms with Gasteiger partial charge in [0.2, 0.25) is 35.3 Å². The maximum Gasteiger partial charge on any atom is 0.290 e. The summed E-state index contributed by atoms with van der Waals surface area (Å²) in [7, 11) is 0. The fourth-order valence-electron chi connectivity index (χ4n) is 7.45. The van der Waals surface area contributed by atoms with Crippen molar-refractivity contribution in [2.24, 2.45) is 17.6 Å². The Hall–Kier alpha value is -3.55. The Labute approximate surface area is 316 Å². The largest absolute Gasteiger partial charge is 0.371 e. The van der Waals surface area contributed by atoms with Gasteiger partial charge in [0.25, 0.3) is 5.91 Å². The van der Waals surface area contributed by atoms with E-state index in [1.165, 1.54) is 4.90 Å². The SMILES string of the molecule is CCCCC(NC(=O)CNC(=O)C(=O)C(CCC)NC(=O)C1CC(OC(C)(C)C)CN1C(=O)C(NC(=O)C(CCC)CCC)C1CCCCC1)C(N)=O. The minimum absolute atomic E-state index is 0.0735. The fourth-order valence-corrected chi connectivity index (χ4v) is 7.45. The van der Waals surface area contributed by atoms with E-state index >= 15 is 0 Å². The molecule has 2 fully saturated rings. The Kier molecular flexibility index (Phi) is 19.5. The van der Waals surface area contributed by atoms with Crippen LogP contribution in [0.3, 0.4) is 0 Å². The summed E-state index contributed by atoms with van der Waals surface area (Å²) in [5, 5.41) is 10.6. The summed E-state index contributed by atoms with van der Waals surface area (Å²) in [5.41, 5.74) is 4.83. The van der Waals surface area contributed by atoms with Crippen molar-refractivity contribution in [3.8, 4) is 0 Å². The van der Waals surface area contributed by atoms with Crippen LogP contribution in [0.1, 0.15) is 145 Å². The lowest BCUT2D eigenvalue weighted by Crippen LogP contribution is -2.58. The van der Waals surface area contributed by atoms with Crippen molar-refractivity contribution in [1.82, 2.24) is 26.2 Å². The molecule has 2 aliphatic rings. The number of nitrogens with two attached hydrogens (primary N) is 1. The summed E-state index contributed by atoms with van der Waals surface area (Å²) in [4.78, 5) is 94.3. The molecule has 1 saturated carbocycles. The fraction of sp³-hybridized carbons (Fsp3) is 0.821. The minimum atomic E-state index is -1.21. The first-order valence-corrected chi connectivity index (χ1v) is 20.1. The van der Waals surface area contributed by atoms with Crippen LogP contribution < -0.4 is 27.0 Å². The van der Waals surface area contributed by atoms with Gasteiger partial charge in [-0.15, -0.1) is 0 Å². The smallest absolute Gasteiger partial charge is 0.290 e. The zero-order chi connectivity index (χ0) is 39.7. The number of carbonyl (C=O) groups is 7. The molecule has 1 aliphatic carbocycles. The Bertz CT molecular complexity index is 1240. The molecule has 1 heterocycles. The summed E-state index contributed by atoms with van der Waals surface area (Å²) in [5.74, 6) is -4.73. The summed E-state index contributed by atoms with van der Waals surface area (Å²) in [6.07, 6.45) is 9.78. The zero-order valence-electron chi connectivity index (χ0n) is 33.4. The number of ketones is 1. The highest BCUT2D eigenvalue weighted by atomic mass is 16.5. The van der Waals surface area contributed by atoms with Crippen LogP contribution in [0.2, 0.25) is 0 Å². The third-order valence-electron chi connectivity index (χ3n) is 10.1. The van der Waals surface area contributed by atoms with Gasteiger partial charge in [-0.2, -0.15) is 0 Å². The number of Topliss-reactive ketones (excluding diaryl/α,β-unsaturated/α-hetero) is 1. The number of amides is 6. The average Bonchev–Trinajstić information content (AvgIpc) is 3.53. The number of unbranched alkanes of at least 4 members (excludes halogenated alkanes) is 1. The van der Waals surface area contributed by atoms with Gasteiger partial charge in [-0.3, -0.25) is 33.6 Å². The average molecular weight is 749 g/mol. The van der Waals surface area contributed by atoms with Crippen LogP contribution >= 0.6 is 0 Å². The zero-order valence-corrected chi connectivity index (χ0v) is 33.4. The molecule has 14 nitrogen and oxygen atoms in total. The van der Waals surface area contributed by atoms with Crippen molar-refractivity contribution >= 4 is 41.2 Å². The van der Waals surface area contributed by atoms with Gasteiger partial charge < -0.3 is 36.6 Å². The van der Waals surface area contributed by atoms with E-state index in [1.807, 2.05) is 41.5 Å². The van der Waals surface area contributed by atoms with Gasteiger partial charge in [-0.1, -0.05) is 79.1 Å². The summed E-state index contributed by atoms with van der Waals surface area (Å²) < 4.78 is 6.27. The quantitative estimate of drug-likeness (QED) is 0.104. The van der Waals surface area contributed by atoms with Crippen LogP contribution in [0.25, 0.3) is 0 Å². The number of primary amides is 1. The van der Waals surface area contributed by atoms with Crippen LogP contribution in [0.15, 0.2) is 0 Å². The number of hydrogen-bond donors (Lipinski definition) is 5. The van der Waals surface area contributed by atoms with Crippen LogP contribution in [-0.2, 0) is 38.3 Å². The first-order chi connectivity index (χ1) is 25.1. The van der Waals surface area contributed by atoms with E-state index in [1.54, 1.807) is 6.92 Å². The molecule has 0 bridgehead atoms. The third-order valence-corrected chi connectivity index (χ3v) is 10.1. The van der Waals surface area contributed by atoms with Crippen molar-refractivity contribution in [2.75, 3.05) is 13.1 Å². The van der Waals surface area contributed by atoms with Crippen LogP contribution in [0.4, 0.5) is 0 Å². The normalized spacial score (nSPS) is 19.6. The molecule has 14 heteroatoms. The van der Waals surface area contributed by atoms with Crippen molar-refractivity contribution < 1.29 is 38.3 Å². The number of nitrogens with one attached hydrogen (secondary N) is 4. The highest BCUT2D eigenvalue weighted by molar-refractivity contribution is 6.38. The summed E-state index contributed by atoms with van der Waals surface area (Å²) >= 11 is 0. The topological polar surface area (TPSA) is 206 Å². The summed E-state index contributed by atoms with van der Waals surface area (Å²) in [6, 6.07) is -3.92. The Morgan fingerprint density at radius 2 is 1.42 bits per heavy atom. The van der Waals surface area contributed by atoms with E-state index in [-0.39, 0.29) is 43.0 Å². The molecule has 0 spiro atoms. The molecule has 5 unspecified atom stereocenters. The lowest BCUT2D eigenvalue weighted by Gasteiger charge is -2.35. The van der Waals surface area contributed by atoms with Gasteiger partial charge >= 0.3 is 0 Å². The molecule has 0 aromatic heterocycles. The molecule has 1 aliphatic heterocycles. The predicted molar refractivity (Wildman–Crippen MR) is 202 cm³/mol. The first kappa shape index (κ1) is 45.6. The minimum Gasteiger partial charge on any atom is -0.371 e. The van der Waals surface area contributed by atoms with Crippen LogP contribution in [0.5, 0.6) is 0 Å². The molecule has 6 amide bonds. The molecular formula is C39H68N6O8. The molecule has 0 radical (unpaired) electrons. The number of likely N-dealkylation sites (tertiary alicyclic amines) is 1. The number of carbonyl (C=O) groups excluding carboxylic acids is 7. The molecule has 5 atom stereocenters. The maximum atomic E-state index is 14.6. The van der Waals surface area contributed by atoms with Crippen molar-refractivity contribution in [1.29, 1.82) is 0 Å². The first-order valence-electron chi connectivity index (χ1n) is 20.1. The van der Waals surface area contributed by atoms with Gasteiger partial charge in [-0.05, 0) is 65.2 Å². The van der Waals surface area contributed by atoms with Gasteiger partial charge in [0.05, 0.1) is 24.3 Å². The van der Waals surface area contributed by atoms with Gasteiger partial charge in [0.1, 0.15) is 18.1 Å². The number of nitrogens with zero attached hydrogens (tertiary/aromatic N) is 1. The highest BCUT2D eigenvalue weighted by Gasteiger charge is 2.46. The molecule has 1 saturated heterocycles. The number of ether oxygens (including phenoxy) is 1. The lowest BCUT2D eigenvalue weighted by atomic mass is 9.82. The van der Waals surface area contributed by atoms with E-state index in [9.17, 15) is 33.6 Å². The molecule has 6 N–H and O–H groups in total. The maximum absolute atomic E-state index is 14.6. The lowest BCUT2D eigenvalue weighted by molar-refractivity contribution is -0.145. The van der Waals surface area contributed by atoms with E-state index in [2.05, 4.69) is 21.3 Å². The molecular weight excluding hydrogens is 680 g/mol. The van der Waals surface area contributed by atoms with Crippen molar-refractivity contribution in [2.45, 2.75) is 181 Å². The van der Waals surface area contributed by atoms with Gasteiger partial charge in [-0.25, -0.2) is 0 Å². The van der Waals surface area contributed by atoms with Crippen LogP contribution in [0, 0.1) is 11.8 Å². The van der Waals surface area contributed by atoms with Gasteiger partial charge in [0, 0.05) is 18.9 Å². The number of hydrogen-bond acceptors (Lipinski definition) is 8. The summed E-state index contributed by atoms with van der Waals surface area (Å²) in [6.45, 7) is 13.1. The second kappa shape index (κ2) is 22.6. The predicted octanol–water partition coefficient (Wildman–Crippen LogP) is 3.18. The Balaban J connectivity index is 2.29. The van der Waals surface area contributed by atoms with Gasteiger partial charge in [0.15, 0.2) is 0 Å². The second-order valence-electron chi connectivity index (χ2n) is 15.8. The highest BCUT2D eigenvalue weighted by Crippen LogP contribution is 2.31. The monoisotopic (exact) mass is 749 g/mol. The molecule has 302 valence electrons. The number of rotatable bonds is 22. The van der Waals surface area contributed by atoms with E-state index in [0.29, 0.717) is 19.3 Å². The third kappa shape index (κ3) is 15.0. The van der Waals surface area contributed by atoms with Crippen molar-refractivity contribution in [3.63, 3.8) is 0 Å². The van der Waals surface area contributed by atoms with E-state index < -0.39 is 71.8 Å². The molecule has 2 rings (SSSR count). The second-order valence-corrected chi connectivity index (χ2v) is 15.8. The Morgan fingerprint density at radius 3 is 1.96 bits per heavy atom. The van der Waals surface area contributed by atoms with E-state index in [4.69, 9.17) is 10.5 Å². The molecule has 0 aromatic carbocycles. The van der Waals surface area contributed by atoms with E-state index in [0.717, 1.165) is 64.2 Å². The Morgan fingerprint density at radius 1 is 0.792 bits per heavy atom.